The van der Waals surface area contributed by atoms with Gasteiger partial charge in [0.1, 0.15) is 22.7 Å². The molecule has 14 nitrogen and oxygen atoms in total. The predicted molar refractivity (Wildman–Crippen MR) is 157 cm³/mol. The molecule has 14 heteroatoms. The van der Waals surface area contributed by atoms with Crippen LogP contribution in [-0.2, 0) is 0 Å². The average molecular weight is 569 g/mol. The lowest BCUT2D eigenvalue weighted by Crippen LogP contribution is -2.06. The maximum absolute atomic E-state index is 9.75. The summed E-state index contributed by atoms with van der Waals surface area (Å²) in [6.45, 7) is 2.42. The van der Waals surface area contributed by atoms with E-state index < -0.39 is 0 Å². The van der Waals surface area contributed by atoms with Crippen LogP contribution in [0.2, 0.25) is 0 Å². The van der Waals surface area contributed by atoms with Gasteiger partial charge in [-0.05, 0) is 43.3 Å². The van der Waals surface area contributed by atoms with Gasteiger partial charge >= 0.3 is 6.01 Å². The molecule has 2 aromatic carbocycles. The minimum absolute atomic E-state index is 0.103. The van der Waals surface area contributed by atoms with E-state index >= 15 is 0 Å². The summed E-state index contributed by atoms with van der Waals surface area (Å²) in [5.74, 6) is 0.796. The van der Waals surface area contributed by atoms with E-state index in [2.05, 4.69) is 56.9 Å². The topological polar surface area (TPSA) is 181 Å². The number of hydrogen-bond donors (Lipinski definition) is 2. The molecule has 2 N–H and O–H groups in total. The van der Waals surface area contributed by atoms with E-state index in [1.54, 1.807) is 30.7 Å². The standard InChI is InChI=1S/C29H20N12O2/c1-2-32-26-23(38-39-25-17(14-30)16-41(40-25)18-8-7-13-31-15-18)24(27-33-19-9-3-5-11-21(19)42-27)35-28(36-26)37-29-34-20-10-4-6-12-22(20)43-29/h3-13,15-16H,2H2,1H3,(H2,32,34,35,36,37). The Morgan fingerprint density at radius 1 is 0.907 bits per heavy atom. The number of pyridine rings is 1. The molecule has 0 saturated heterocycles. The van der Waals surface area contributed by atoms with Crippen molar-refractivity contribution in [2.75, 3.05) is 17.2 Å². The smallest absolute Gasteiger partial charge is 0.302 e. The van der Waals surface area contributed by atoms with Crippen molar-refractivity contribution in [3.63, 3.8) is 0 Å². The van der Waals surface area contributed by atoms with E-state index in [0.717, 1.165) is 0 Å². The zero-order valence-electron chi connectivity index (χ0n) is 22.5. The number of para-hydroxylation sites is 4. The van der Waals surface area contributed by atoms with Crippen molar-refractivity contribution >= 4 is 51.5 Å². The summed E-state index contributed by atoms with van der Waals surface area (Å²) in [5.41, 5.74) is 3.86. The number of oxazole rings is 2. The van der Waals surface area contributed by atoms with E-state index in [1.807, 2.05) is 55.5 Å². The van der Waals surface area contributed by atoms with Crippen LogP contribution in [0.5, 0.6) is 0 Å². The second kappa shape index (κ2) is 10.8. The summed E-state index contributed by atoms with van der Waals surface area (Å²) in [6, 6.07) is 20.6. The fraction of sp³-hybridized carbons (Fsp3) is 0.0690. The molecule has 0 atom stereocenters. The van der Waals surface area contributed by atoms with Gasteiger partial charge < -0.3 is 14.2 Å². The van der Waals surface area contributed by atoms with Gasteiger partial charge in [-0.25, -0.2) is 14.6 Å². The highest BCUT2D eigenvalue weighted by Gasteiger charge is 2.22. The van der Waals surface area contributed by atoms with Crippen LogP contribution in [0, 0.1) is 11.3 Å². The maximum atomic E-state index is 9.75. The van der Waals surface area contributed by atoms with Gasteiger partial charge in [0.25, 0.3) is 0 Å². The van der Waals surface area contributed by atoms with Gasteiger partial charge in [0.2, 0.25) is 17.7 Å². The molecule has 0 spiro atoms. The number of nitrogens with one attached hydrogen (secondary N) is 2. The summed E-state index contributed by atoms with van der Waals surface area (Å²) in [6.07, 6.45) is 4.83. The van der Waals surface area contributed by atoms with Crippen molar-refractivity contribution in [3.8, 4) is 23.3 Å². The van der Waals surface area contributed by atoms with Crippen LogP contribution in [0.3, 0.4) is 0 Å². The number of benzene rings is 2. The monoisotopic (exact) mass is 568 g/mol. The fourth-order valence-corrected chi connectivity index (χ4v) is 4.28. The van der Waals surface area contributed by atoms with Gasteiger partial charge in [0.15, 0.2) is 28.4 Å². The summed E-state index contributed by atoms with van der Waals surface area (Å²) in [7, 11) is 0. The SMILES string of the molecule is CCNc1nc(Nc2nc3ccccc3o2)nc(-c2nc3ccccc3o2)c1N=Nc1nn(-c2cccnc2)cc1C#N. The minimum Gasteiger partial charge on any atom is -0.435 e. The molecule has 7 rings (SSSR count). The molecule has 208 valence electrons. The van der Waals surface area contributed by atoms with Crippen LogP contribution < -0.4 is 10.6 Å². The molecule has 5 heterocycles. The number of nitrogens with zero attached hydrogens (tertiary/aromatic N) is 10. The average Bonchev–Trinajstić information content (AvgIpc) is 3.77. The molecule has 0 aliphatic carbocycles. The number of nitriles is 1. The first-order valence-electron chi connectivity index (χ1n) is 13.1. The van der Waals surface area contributed by atoms with Gasteiger partial charge in [0, 0.05) is 12.7 Å². The molecule has 0 fully saturated rings. The minimum atomic E-state index is 0.103. The molecule has 7 aromatic rings. The third kappa shape index (κ3) is 4.98. The molecule has 0 aliphatic heterocycles. The summed E-state index contributed by atoms with van der Waals surface area (Å²) in [4.78, 5) is 22.5. The molecule has 0 unspecified atom stereocenters. The highest BCUT2D eigenvalue weighted by molar-refractivity contribution is 5.82. The zero-order valence-corrected chi connectivity index (χ0v) is 22.5. The molecular formula is C29H20N12O2. The first-order valence-corrected chi connectivity index (χ1v) is 13.1. The molecular weight excluding hydrogens is 548 g/mol. The number of azo groups is 1. The Morgan fingerprint density at radius 2 is 1.70 bits per heavy atom. The van der Waals surface area contributed by atoms with E-state index in [9.17, 15) is 5.26 Å². The highest BCUT2D eigenvalue weighted by atomic mass is 16.4. The summed E-state index contributed by atoms with van der Waals surface area (Å²) < 4.78 is 13.4. The number of aromatic nitrogens is 7. The fourth-order valence-electron chi connectivity index (χ4n) is 4.28. The second-order valence-corrected chi connectivity index (χ2v) is 9.06. The Bertz CT molecular complexity index is 2090. The van der Waals surface area contributed by atoms with Crippen molar-refractivity contribution in [1.82, 2.24) is 34.7 Å². The van der Waals surface area contributed by atoms with E-state index in [0.29, 0.717) is 40.2 Å². The Morgan fingerprint density at radius 3 is 2.42 bits per heavy atom. The molecule has 43 heavy (non-hydrogen) atoms. The van der Waals surface area contributed by atoms with Crippen molar-refractivity contribution in [2.24, 2.45) is 10.2 Å². The molecule has 0 bridgehead atoms. The van der Waals surface area contributed by atoms with Crippen LogP contribution in [0.1, 0.15) is 12.5 Å². The van der Waals surface area contributed by atoms with Gasteiger partial charge in [-0.15, -0.1) is 15.3 Å². The van der Waals surface area contributed by atoms with Crippen molar-refractivity contribution in [3.05, 3.63) is 84.8 Å². The van der Waals surface area contributed by atoms with Crippen molar-refractivity contribution < 1.29 is 8.83 Å². The molecule has 5 aromatic heterocycles. The van der Waals surface area contributed by atoms with E-state index in [-0.39, 0.29) is 40.6 Å². The van der Waals surface area contributed by atoms with E-state index in [1.165, 1.54) is 4.68 Å². The largest absolute Gasteiger partial charge is 0.435 e. The maximum Gasteiger partial charge on any atom is 0.302 e. The third-order valence-corrected chi connectivity index (χ3v) is 6.21. The normalized spacial score (nSPS) is 11.3. The lowest BCUT2D eigenvalue weighted by Gasteiger charge is -2.10. The van der Waals surface area contributed by atoms with Gasteiger partial charge in [-0.3, -0.25) is 10.3 Å². The van der Waals surface area contributed by atoms with Crippen molar-refractivity contribution in [1.29, 1.82) is 5.26 Å². The lowest BCUT2D eigenvalue weighted by molar-refractivity contribution is 0.615. The molecule has 0 saturated carbocycles. The van der Waals surface area contributed by atoms with Gasteiger partial charge in [-0.1, -0.05) is 24.3 Å². The van der Waals surface area contributed by atoms with Gasteiger partial charge in [0.05, 0.1) is 18.1 Å². The van der Waals surface area contributed by atoms with Crippen LogP contribution in [0.15, 0.2) is 98.3 Å². The van der Waals surface area contributed by atoms with Crippen molar-refractivity contribution in [2.45, 2.75) is 6.92 Å². The number of rotatable bonds is 8. The summed E-state index contributed by atoms with van der Waals surface area (Å²) >= 11 is 0. The molecule has 0 radical (unpaired) electrons. The predicted octanol–water partition coefficient (Wildman–Crippen LogP) is 6.47. The van der Waals surface area contributed by atoms with Crippen LogP contribution in [0.4, 0.5) is 29.3 Å². The van der Waals surface area contributed by atoms with Gasteiger partial charge in [-0.2, -0.15) is 15.2 Å². The zero-order chi connectivity index (χ0) is 29.2. The number of anilines is 3. The Kier molecular flexibility index (Phi) is 6.41. The molecule has 0 amide bonds. The number of hydrogen-bond acceptors (Lipinski definition) is 13. The number of fused-ring (bicyclic) bond motifs is 2. The third-order valence-electron chi connectivity index (χ3n) is 6.21. The Labute approximate surface area is 242 Å². The van der Waals surface area contributed by atoms with Crippen LogP contribution >= 0.6 is 0 Å². The lowest BCUT2D eigenvalue weighted by atomic mass is 10.3. The summed E-state index contributed by atoms with van der Waals surface area (Å²) in [5, 5.41) is 29.2. The second-order valence-electron chi connectivity index (χ2n) is 9.06. The first kappa shape index (κ1) is 25.5. The van der Waals surface area contributed by atoms with Crippen LogP contribution in [0.25, 0.3) is 39.5 Å². The molecule has 0 aliphatic rings. The first-order chi connectivity index (χ1) is 21.2. The highest BCUT2D eigenvalue weighted by Crippen LogP contribution is 2.38. The quantitative estimate of drug-likeness (QED) is 0.192. The van der Waals surface area contributed by atoms with E-state index in [4.69, 9.17) is 8.83 Å². The Balaban J connectivity index is 1.35. The van der Waals surface area contributed by atoms with Crippen LogP contribution in [-0.4, -0.2) is 41.2 Å². The Hall–Kier alpha value is -6.49.